The van der Waals surface area contributed by atoms with E-state index in [-0.39, 0.29) is 54.9 Å². The Morgan fingerprint density at radius 2 is 1.83 bits per heavy atom. The maximum atomic E-state index is 13.2. The summed E-state index contributed by atoms with van der Waals surface area (Å²) in [6.07, 6.45) is -0.679. The van der Waals surface area contributed by atoms with Crippen LogP contribution in [0.5, 0.6) is 11.6 Å². The van der Waals surface area contributed by atoms with E-state index in [1.54, 1.807) is 26.0 Å². The lowest BCUT2D eigenvalue weighted by Gasteiger charge is -2.21. The number of carbonyl (C=O) groups is 2. The number of fused-ring (bicyclic) bond motifs is 1. The van der Waals surface area contributed by atoms with Crippen LogP contribution in [-0.2, 0) is 12.0 Å². The Labute approximate surface area is 209 Å². The van der Waals surface area contributed by atoms with Gasteiger partial charge in [0.2, 0.25) is 11.5 Å². The van der Waals surface area contributed by atoms with Crippen molar-refractivity contribution >= 4 is 29.9 Å². The number of benzene rings is 1. The number of rotatable bonds is 7. The van der Waals surface area contributed by atoms with E-state index in [0.29, 0.717) is 28.1 Å². The van der Waals surface area contributed by atoms with Gasteiger partial charge in [0.05, 0.1) is 6.61 Å². The maximum absolute atomic E-state index is 13.2. The first-order valence-corrected chi connectivity index (χ1v) is 10.8. The molecule has 0 aliphatic carbocycles. The Kier molecular flexibility index (Phi) is 8.64. The highest BCUT2D eigenvalue weighted by Crippen LogP contribution is 2.28. The van der Waals surface area contributed by atoms with Crippen molar-refractivity contribution in [1.29, 1.82) is 5.41 Å². The van der Waals surface area contributed by atoms with Crippen LogP contribution in [0.4, 0.5) is 4.79 Å². The average Bonchev–Trinajstić information content (AvgIpc) is 3.10. The summed E-state index contributed by atoms with van der Waals surface area (Å²) in [4.78, 5) is 24.8. The molecule has 190 valence electrons. The van der Waals surface area contributed by atoms with Crippen molar-refractivity contribution in [2.24, 2.45) is 0 Å². The first-order valence-electron chi connectivity index (χ1n) is 10.8. The summed E-state index contributed by atoms with van der Waals surface area (Å²) in [5.41, 5.74) is 2.60. The number of nitrogens with zero attached hydrogens (tertiary/aromatic N) is 4. The van der Waals surface area contributed by atoms with Crippen molar-refractivity contribution in [2.75, 3.05) is 20.3 Å². The van der Waals surface area contributed by atoms with E-state index in [1.807, 2.05) is 26.8 Å². The number of ether oxygens (including phenoxy) is 2. The molecule has 35 heavy (non-hydrogen) atoms. The first kappa shape index (κ1) is 27.8. The van der Waals surface area contributed by atoms with E-state index in [9.17, 15) is 9.59 Å². The molecule has 0 fully saturated rings. The number of aliphatic hydroxyl groups is 1. The molecule has 0 saturated heterocycles. The van der Waals surface area contributed by atoms with Crippen molar-refractivity contribution in [1.82, 2.24) is 24.7 Å². The third-order valence-corrected chi connectivity index (χ3v) is 5.41. The normalized spacial score (nSPS) is 11.2. The van der Waals surface area contributed by atoms with Gasteiger partial charge in [0.15, 0.2) is 11.4 Å². The van der Waals surface area contributed by atoms with Gasteiger partial charge < -0.3 is 19.9 Å². The lowest BCUT2D eigenvalue weighted by atomic mass is 9.85. The lowest BCUT2D eigenvalue weighted by Crippen LogP contribution is -2.27. The second-order valence-electron chi connectivity index (χ2n) is 8.90. The zero-order chi connectivity index (χ0) is 25.2. The molecule has 2 heterocycles. The molecule has 0 atom stereocenters. The largest absolute Gasteiger partial charge is 0.491 e. The summed E-state index contributed by atoms with van der Waals surface area (Å²) in [6.45, 7) is 9.38. The van der Waals surface area contributed by atoms with Gasteiger partial charge in [-0.3, -0.25) is 10.2 Å². The van der Waals surface area contributed by atoms with Crippen LogP contribution in [0.2, 0.25) is 0 Å². The summed E-state index contributed by atoms with van der Waals surface area (Å²) in [7, 11) is 1.44. The molecule has 12 heteroatoms. The number of ketones is 1. The van der Waals surface area contributed by atoms with E-state index in [1.165, 1.54) is 16.2 Å². The Balaban J connectivity index is 0.00000432. The fourth-order valence-corrected chi connectivity index (χ4v) is 3.25. The third-order valence-electron chi connectivity index (χ3n) is 5.41. The topological polar surface area (TPSA) is 144 Å². The Morgan fingerprint density at radius 1 is 1.14 bits per heavy atom. The molecular weight excluding hydrogens is 476 g/mol. The van der Waals surface area contributed by atoms with E-state index in [0.717, 1.165) is 5.56 Å². The molecule has 11 nitrogen and oxygen atoms in total. The number of nitrogens with one attached hydrogen (secondary N) is 2. The number of hydrogen-bond donors (Lipinski definition) is 3. The van der Waals surface area contributed by atoms with Gasteiger partial charge in [0.25, 0.3) is 0 Å². The van der Waals surface area contributed by atoms with Crippen LogP contribution in [0, 0.1) is 19.3 Å². The molecule has 3 rings (SSSR count). The van der Waals surface area contributed by atoms with Gasteiger partial charge in [-0.15, -0.1) is 22.6 Å². The zero-order valence-electron chi connectivity index (χ0n) is 20.6. The van der Waals surface area contributed by atoms with Gasteiger partial charge >= 0.3 is 6.09 Å². The monoisotopic (exact) mass is 506 g/mol. The van der Waals surface area contributed by atoms with Gasteiger partial charge in [0, 0.05) is 23.7 Å². The molecule has 2 aromatic heterocycles. The van der Waals surface area contributed by atoms with Crippen LogP contribution in [0.25, 0.3) is 5.65 Å². The number of Topliss-reactive ketones (excluding diaryl/α,β-unsaturated/α-hetero) is 1. The minimum absolute atomic E-state index is 0. The third kappa shape index (κ3) is 5.98. The highest BCUT2D eigenvalue weighted by molar-refractivity contribution is 5.96. The van der Waals surface area contributed by atoms with Crippen molar-refractivity contribution in [3.63, 3.8) is 0 Å². The van der Waals surface area contributed by atoms with Gasteiger partial charge in [-0.25, -0.2) is 9.48 Å². The Morgan fingerprint density at radius 3 is 2.43 bits per heavy atom. The second-order valence-corrected chi connectivity index (χ2v) is 8.90. The fourth-order valence-electron chi connectivity index (χ4n) is 3.25. The number of halogens is 1. The minimum Gasteiger partial charge on any atom is -0.491 e. The molecule has 0 spiro atoms. The number of amides is 1. The maximum Gasteiger partial charge on any atom is 0.413 e. The van der Waals surface area contributed by atoms with Gasteiger partial charge in [0.1, 0.15) is 18.9 Å². The smallest absolute Gasteiger partial charge is 0.413 e. The summed E-state index contributed by atoms with van der Waals surface area (Å²) in [5.74, 6) is 0.274. The van der Waals surface area contributed by atoms with E-state index < -0.39 is 6.09 Å². The molecule has 0 saturated carbocycles. The molecule has 3 aromatic rings. The van der Waals surface area contributed by atoms with Crippen LogP contribution in [0.3, 0.4) is 0 Å². The Bertz CT molecular complexity index is 1310. The molecule has 1 aromatic carbocycles. The summed E-state index contributed by atoms with van der Waals surface area (Å²) in [5, 5.41) is 28.6. The highest BCUT2D eigenvalue weighted by Gasteiger charge is 2.21. The highest BCUT2D eigenvalue weighted by atomic mass is 35.5. The van der Waals surface area contributed by atoms with Crippen LogP contribution < -0.4 is 20.4 Å². The summed E-state index contributed by atoms with van der Waals surface area (Å²) in [6, 6.07) is 5.28. The SMILES string of the molecule is CNC(=O)Oc1nn2c(=N)n(CC(=O)c3cc(OCCO)cc(C(C)(C)C)c3)nc2c(C)c1C.Cl. The zero-order valence-corrected chi connectivity index (χ0v) is 21.4. The predicted molar refractivity (Wildman–Crippen MR) is 131 cm³/mol. The average molecular weight is 507 g/mol. The minimum atomic E-state index is -0.679. The van der Waals surface area contributed by atoms with Gasteiger partial charge in [-0.2, -0.15) is 4.52 Å². The number of aliphatic hydroxyl groups excluding tert-OH is 1. The number of aromatic nitrogens is 4. The standard InChI is InChI=1S/C23H30N6O5.ClH/c1-13-14(2)20(34-22(32)25-6)27-29-19(13)26-28(21(29)24)12-18(31)15-9-16(23(3,4)5)11-17(10-15)33-8-7-30;/h9-11,24,30H,7-8,12H2,1-6H3,(H,25,32);1H. The van der Waals surface area contributed by atoms with E-state index >= 15 is 0 Å². The van der Waals surface area contributed by atoms with Crippen molar-refractivity contribution < 1.29 is 24.2 Å². The Hall–Kier alpha value is -3.44. The molecule has 0 aliphatic rings. The second kappa shape index (κ2) is 10.9. The lowest BCUT2D eigenvalue weighted by molar-refractivity contribution is 0.0965. The van der Waals surface area contributed by atoms with Crippen LogP contribution in [0.15, 0.2) is 18.2 Å². The number of aryl methyl sites for hydroxylation is 1. The number of hydrogen-bond acceptors (Lipinski definition) is 8. The first-order chi connectivity index (χ1) is 16.0. The van der Waals surface area contributed by atoms with Crippen LogP contribution in [-0.4, -0.2) is 56.6 Å². The molecule has 0 aliphatic heterocycles. The number of carbonyl (C=O) groups excluding carboxylic acids is 2. The summed E-state index contributed by atoms with van der Waals surface area (Å²) >= 11 is 0. The van der Waals surface area contributed by atoms with Crippen molar-refractivity contribution in [2.45, 2.75) is 46.6 Å². The fraction of sp³-hybridized carbons (Fsp3) is 0.435. The van der Waals surface area contributed by atoms with E-state index in [2.05, 4.69) is 15.5 Å². The molecule has 0 unspecified atom stereocenters. The van der Waals surface area contributed by atoms with Gasteiger partial charge in [-0.1, -0.05) is 20.8 Å². The quantitative estimate of drug-likeness (QED) is 0.417. The van der Waals surface area contributed by atoms with Crippen LogP contribution in [0.1, 0.15) is 47.8 Å². The molecule has 0 radical (unpaired) electrons. The van der Waals surface area contributed by atoms with Crippen LogP contribution >= 0.6 is 12.4 Å². The summed E-state index contributed by atoms with van der Waals surface area (Å²) < 4.78 is 13.2. The van der Waals surface area contributed by atoms with Crippen molar-refractivity contribution in [3.8, 4) is 11.6 Å². The molecule has 0 bridgehead atoms. The predicted octanol–water partition coefficient (Wildman–Crippen LogP) is 2.32. The molecule has 1 amide bonds. The van der Waals surface area contributed by atoms with Gasteiger partial charge in [-0.05, 0) is 43.0 Å². The van der Waals surface area contributed by atoms with E-state index in [4.69, 9.17) is 20.0 Å². The van der Waals surface area contributed by atoms with Crippen molar-refractivity contribution in [3.05, 3.63) is 46.1 Å². The molecule has 3 N–H and O–H groups in total. The molecular formula is C23H31ClN6O5.